The van der Waals surface area contributed by atoms with E-state index in [2.05, 4.69) is 6.92 Å². The van der Waals surface area contributed by atoms with Crippen LogP contribution in [0.3, 0.4) is 0 Å². The second-order valence-electron chi connectivity index (χ2n) is 7.51. The molecule has 6 atom stereocenters. The maximum Gasteiger partial charge on any atom is -0.0324 e. The average molecular weight is 218 g/mol. The SMILES string of the molecule is CC1CC2CC3CCCC3C(C3CC3)C2C1. The fraction of sp³-hybridized carbons (Fsp3) is 1.00. The van der Waals surface area contributed by atoms with Crippen LogP contribution in [0.5, 0.6) is 0 Å². The number of hydrogen-bond acceptors (Lipinski definition) is 0. The lowest BCUT2D eigenvalue weighted by molar-refractivity contribution is 0.0569. The van der Waals surface area contributed by atoms with Gasteiger partial charge in [0.1, 0.15) is 0 Å². The zero-order valence-corrected chi connectivity index (χ0v) is 10.7. The van der Waals surface area contributed by atoms with Crippen LogP contribution in [0.15, 0.2) is 0 Å². The Morgan fingerprint density at radius 3 is 2.38 bits per heavy atom. The molecule has 0 spiro atoms. The highest BCUT2D eigenvalue weighted by Gasteiger charge is 2.53. The van der Waals surface area contributed by atoms with E-state index in [9.17, 15) is 0 Å². The Kier molecular flexibility index (Phi) is 2.18. The topological polar surface area (TPSA) is 0 Å². The molecule has 0 nitrogen and oxygen atoms in total. The molecular weight excluding hydrogens is 192 g/mol. The van der Waals surface area contributed by atoms with Crippen LogP contribution in [0.2, 0.25) is 0 Å². The molecule has 0 aromatic carbocycles. The molecule has 0 aliphatic heterocycles. The largest absolute Gasteiger partial charge is 0.0625 e. The average Bonchev–Trinajstić information content (AvgIpc) is 2.86. The van der Waals surface area contributed by atoms with Crippen LogP contribution in [-0.4, -0.2) is 0 Å². The van der Waals surface area contributed by atoms with Gasteiger partial charge in [0.25, 0.3) is 0 Å². The van der Waals surface area contributed by atoms with E-state index in [1.165, 1.54) is 23.7 Å². The van der Waals surface area contributed by atoms with Crippen LogP contribution in [0.4, 0.5) is 0 Å². The number of fused-ring (bicyclic) bond motifs is 2. The van der Waals surface area contributed by atoms with Crippen molar-refractivity contribution in [2.45, 2.75) is 58.3 Å². The zero-order valence-electron chi connectivity index (χ0n) is 10.7. The molecule has 0 N–H and O–H groups in total. The minimum atomic E-state index is 1.05. The molecule has 16 heavy (non-hydrogen) atoms. The smallest absolute Gasteiger partial charge is 0.0324 e. The first-order valence-corrected chi connectivity index (χ1v) is 7.83. The van der Waals surface area contributed by atoms with Crippen LogP contribution < -0.4 is 0 Å². The van der Waals surface area contributed by atoms with Gasteiger partial charge in [0, 0.05) is 0 Å². The highest BCUT2D eigenvalue weighted by molar-refractivity contribution is 5.02. The second-order valence-corrected chi connectivity index (χ2v) is 7.51. The van der Waals surface area contributed by atoms with Gasteiger partial charge in [-0.05, 0) is 80.0 Å². The fourth-order valence-electron chi connectivity index (χ4n) is 5.94. The molecule has 4 aliphatic rings. The molecule has 90 valence electrons. The lowest BCUT2D eigenvalue weighted by atomic mass is 9.62. The standard InChI is InChI=1S/C16H26/c1-10-7-13-9-12-3-2-4-14(12)16(11-5-6-11)15(13)8-10/h10-16H,2-9H2,1H3. The summed E-state index contributed by atoms with van der Waals surface area (Å²) in [5, 5.41) is 0. The lowest BCUT2D eigenvalue weighted by Gasteiger charge is -2.43. The van der Waals surface area contributed by atoms with E-state index >= 15 is 0 Å². The van der Waals surface area contributed by atoms with Gasteiger partial charge in [-0.15, -0.1) is 0 Å². The molecule has 4 fully saturated rings. The normalized spacial score (nSPS) is 56.1. The van der Waals surface area contributed by atoms with Crippen LogP contribution >= 0.6 is 0 Å². The minimum Gasteiger partial charge on any atom is -0.0625 e. The maximum absolute atomic E-state index is 2.51. The van der Waals surface area contributed by atoms with E-state index in [1.54, 1.807) is 51.4 Å². The van der Waals surface area contributed by atoms with E-state index in [0.29, 0.717) is 0 Å². The minimum absolute atomic E-state index is 1.05. The lowest BCUT2D eigenvalue weighted by Crippen LogP contribution is -2.36. The summed E-state index contributed by atoms with van der Waals surface area (Å²) in [5.41, 5.74) is 0. The molecule has 4 saturated carbocycles. The Bertz CT molecular complexity index is 278. The summed E-state index contributed by atoms with van der Waals surface area (Å²) in [6.45, 7) is 2.51. The molecule has 0 heteroatoms. The third-order valence-corrected chi connectivity index (χ3v) is 6.46. The third-order valence-electron chi connectivity index (χ3n) is 6.46. The van der Waals surface area contributed by atoms with Gasteiger partial charge >= 0.3 is 0 Å². The van der Waals surface area contributed by atoms with Gasteiger partial charge in [-0.25, -0.2) is 0 Å². The van der Waals surface area contributed by atoms with Gasteiger partial charge in [-0.2, -0.15) is 0 Å². The van der Waals surface area contributed by atoms with E-state index in [-0.39, 0.29) is 0 Å². The van der Waals surface area contributed by atoms with Crippen molar-refractivity contribution in [1.29, 1.82) is 0 Å². The van der Waals surface area contributed by atoms with E-state index in [0.717, 1.165) is 17.8 Å². The summed E-state index contributed by atoms with van der Waals surface area (Å²) in [6, 6.07) is 0. The van der Waals surface area contributed by atoms with Gasteiger partial charge in [-0.1, -0.05) is 19.8 Å². The predicted octanol–water partition coefficient (Wildman–Crippen LogP) is 4.49. The molecular formula is C16H26. The molecule has 0 amide bonds. The summed E-state index contributed by atoms with van der Waals surface area (Å²) < 4.78 is 0. The molecule has 4 aliphatic carbocycles. The van der Waals surface area contributed by atoms with Gasteiger partial charge in [0.05, 0.1) is 0 Å². The van der Waals surface area contributed by atoms with Crippen molar-refractivity contribution in [1.82, 2.24) is 0 Å². The van der Waals surface area contributed by atoms with Crippen LogP contribution in [0.1, 0.15) is 58.3 Å². The van der Waals surface area contributed by atoms with E-state index in [1.807, 2.05) is 0 Å². The summed E-state index contributed by atoms with van der Waals surface area (Å²) in [4.78, 5) is 0. The Hall–Kier alpha value is 0. The number of rotatable bonds is 1. The summed E-state index contributed by atoms with van der Waals surface area (Å²) in [6.07, 6.45) is 12.7. The molecule has 0 heterocycles. The second kappa shape index (κ2) is 3.50. The van der Waals surface area contributed by atoms with Crippen molar-refractivity contribution in [2.75, 3.05) is 0 Å². The zero-order chi connectivity index (χ0) is 10.7. The van der Waals surface area contributed by atoms with Crippen molar-refractivity contribution in [3.8, 4) is 0 Å². The highest BCUT2D eigenvalue weighted by Crippen LogP contribution is 2.61. The molecule has 6 unspecified atom stereocenters. The summed E-state index contributed by atoms with van der Waals surface area (Å²) in [7, 11) is 0. The predicted molar refractivity (Wildman–Crippen MR) is 67.0 cm³/mol. The van der Waals surface area contributed by atoms with Gasteiger partial charge < -0.3 is 0 Å². The Morgan fingerprint density at radius 2 is 1.56 bits per heavy atom. The van der Waals surface area contributed by atoms with Crippen LogP contribution in [-0.2, 0) is 0 Å². The van der Waals surface area contributed by atoms with Crippen molar-refractivity contribution in [2.24, 2.45) is 41.4 Å². The van der Waals surface area contributed by atoms with E-state index in [4.69, 9.17) is 0 Å². The van der Waals surface area contributed by atoms with Gasteiger partial charge in [0.2, 0.25) is 0 Å². The first-order valence-electron chi connectivity index (χ1n) is 7.83. The highest BCUT2D eigenvalue weighted by atomic mass is 14.6. The van der Waals surface area contributed by atoms with Crippen molar-refractivity contribution in [3.05, 3.63) is 0 Å². The van der Waals surface area contributed by atoms with Crippen molar-refractivity contribution >= 4 is 0 Å². The Balaban J connectivity index is 1.63. The Labute approximate surface area is 100 Å². The summed E-state index contributed by atoms with van der Waals surface area (Å²) in [5.74, 6) is 8.09. The quantitative estimate of drug-likeness (QED) is 0.608. The molecule has 4 rings (SSSR count). The van der Waals surface area contributed by atoms with E-state index < -0.39 is 0 Å². The first kappa shape index (κ1) is 9.97. The number of hydrogen-bond donors (Lipinski definition) is 0. The molecule has 0 aromatic rings. The van der Waals surface area contributed by atoms with Crippen molar-refractivity contribution in [3.63, 3.8) is 0 Å². The van der Waals surface area contributed by atoms with Crippen LogP contribution in [0, 0.1) is 41.4 Å². The third kappa shape index (κ3) is 1.41. The van der Waals surface area contributed by atoms with Gasteiger partial charge in [-0.3, -0.25) is 0 Å². The molecule has 0 bridgehead atoms. The molecule has 0 aromatic heterocycles. The Morgan fingerprint density at radius 1 is 0.688 bits per heavy atom. The fourth-order valence-corrected chi connectivity index (χ4v) is 5.94. The first-order chi connectivity index (χ1) is 7.83. The van der Waals surface area contributed by atoms with Gasteiger partial charge in [0.15, 0.2) is 0 Å². The molecule has 0 radical (unpaired) electrons. The maximum atomic E-state index is 2.51. The van der Waals surface area contributed by atoms with Crippen molar-refractivity contribution < 1.29 is 0 Å². The monoisotopic (exact) mass is 218 g/mol. The van der Waals surface area contributed by atoms with Crippen LogP contribution in [0.25, 0.3) is 0 Å². The summed E-state index contributed by atoms with van der Waals surface area (Å²) >= 11 is 0. The molecule has 0 saturated heterocycles.